The van der Waals surface area contributed by atoms with Crippen molar-refractivity contribution in [2.45, 2.75) is 19.0 Å². The Morgan fingerprint density at radius 2 is 1.96 bits per heavy atom. The average molecular weight is 405 g/mol. The Labute approximate surface area is 165 Å². The molecule has 0 spiro atoms. The molecular weight excluding hydrogens is 384 g/mol. The van der Waals surface area contributed by atoms with Gasteiger partial charge in [-0.15, -0.1) is 11.3 Å². The number of hydrogen-bond donors (Lipinski definition) is 2. The molecule has 0 aliphatic rings. The van der Waals surface area contributed by atoms with Crippen molar-refractivity contribution < 1.29 is 14.3 Å². The highest BCUT2D eigenvalue weighted by molar-refractivity contribution is 7.99. The molecule has 0 bridgehead atoms. The predicted octanol–water partition coefficient (Wildman–Crippen LogP) is 3.64. The smallest absolute Gasteiger partial charge is 0.234 e. The molecule has 0 saturated heterocycles. The largest absolute Gasteiger partial charge is 0.493 e. The molecule has 1 amide bonds. The molecule has 2 heterocycles. The lowest BCUT2D eigenvalue weighted by Gasteiger charge is -2.10. The fourth-order valence-electron chi connectivity index (χ4n) is 2.57. The van der Waals surface area contributed by atoms with E-state index in [1.54, 1.807) is 43.8 Å². The van der Waals surface area contributed by atoms with E-state index in [4.69, 9.17) is 15.2 Å². The van der Waals surface area contributed by atoms with Crippen molar-refractivity contribution in [2.75, 3.05) is 31.0 Å². The van der Waals surface area contributed by atoms with Crippen LogP contribution in [-0.4, -0.2) is 35.8 Å². The molecule has 0 radical (unpaired) electrons. The highest BCUT2D eigenvalue weighted by Crippen LogP contribution is 2.33. The third-order valence-electron chi connectivity index (χ3n) is 4.04. The zero-order chi connectivity index (χ0) is 19.6. The molecular formula is C18H20N4O3S2. The van der Waals surface area contributed by atoms with Crippen LogP contribution in [0.1, 0.15) is 10.4 Å². The summed E-state index contributed by atoms with van der Waals surface area (Å²) in [5.74, 6) is 1.59. The summed E-state index contributed by atoms with van der Waals surface area (Å²) in [5, 5.41) is 4.21. The summed E-state index contributed by atoms with van der Waals surface area (Å²) in [6, 6.07) is 5.20. The van der Waals surface area contributed by atoms with Crippen LogP contribution in [0.3, 0.4) is 0 Å². The van der Waals surface area contributed by atoms with Crippen molar-refractivity contribution in [3.8, 4) is 11.5 Å². The number of rotatable bonds is 6. The minimum atomic E-state index is -0.173. The van der Waals surface area contributed by atoms with E-state index in [0.717, 1.165) is 15.8 Å². The van der Waals surface area contributed by atoms with Crippen molar-refractivity contribution in [1.29, 1.82) is 0 Å². The monoisotopic (exact) mass is 404 g/mol. The van der Waals surface area contributed by atoms with E-state index in [0.29, 0.717) is 28.2 Å². The van der Waals surface area contributed by atoms with Crippen molar-refractivity contribution >= 4 is 50.7 Å². The number of ether oxygens (including phenoxy) is 2. The third kappa shape index (κ3) is 4.09. The second-order valence-electron chi connectivity index (χ2n) is 5.76. The average Bonchev–Trinajstić information content (AvgIpc) is 2.94. The molecule has 0 saturated carbocycles. The second-order valence-corrected chi connectivity index (χ2v) is 7.91. The lowest BCUT2D eigenvalue weighted by atomic mass is 10.2. The fourth-order valence-corrected chi connectivity index (χ4v) is 4.31. The first-order chi connectivity index (χ1) is 12.9. The quantitative estimate of drug-likeness (QED) is 0.478. The maximum Gasteiger partial charge on any atom is 0.234 e. The van der Waals surface area contributed by atoms with Crippen molar-refractivity contribution in [1.82, 2.24) is 9.97 Å². The Morgan fingerprint density at radius 3 is 2.67 bits per heavy atom. The summed E-state index contributed by atoms with van der Waals surface area (Å²) in [6.07, 6.45) is 0. The molecule has 142 valence electrons. The number of aromatic nitrogens is 2. The highest BCUT2D eigenvalue weighted by atomic mass is 32.2. The fraction of sp³-hybridized carbons (Fsp3) is 0.278. The predicted molar refractivity (Wildman–Crippen MR) is 110 cm³/mol. The number of carbonyl (C=O) groups excluding carboxylic acids is 1. The number of methoxy groups -OCH3 is 2. The number of amides is 1. The van der Waals surface area contributed by atoms with E-state index in [9.17, 15) is 4.79 Å². The van der Waals surface area contributed by atoms with Crippen LogP contribution in [0.5, 0.6) is 11.5 Å². The molecule has 3 N–H and O–H groups in total. The van der Waals surface area contributed by atoms with Crippen molar-refractivity contribution in [2.24, 2.45) is 0 Å². The van der Waals surface area contributed by atoms with E-state index in [1.807, 2.05) is 13.8 Å². The van der Waals surface area contributed by atoms with Gasteiger partial charge in [-0.1, -0.05) is 11.8 Å². The van der Waals surface area contributed by atoms with Gasteiger partial charge in [0.1, 0.15) is 10.6 Å². The minimum Gasteiger partial charge on any atom is -0.493 e. The van der Waals surface area contributed by atoms with Gasteiger partial charge in [0.05, 0.1) is 25.4 Å². The van der Waals surface area contributed by atoms with Gasteiger partial charge in [0.15, 0.2) is 16.7 Å². The zero-order valence-electron chi connectivity index (χ0n) is 15.5. The number of nitrogens with two attached hydrogens (primary N) is 1. The number of nitrogens with one attached hydrogen (secondary N) is 1. The number of benzene rings is 1. The third-order valence-corrected chi connectivity index (χ3v) is 5.98. The second kappa shape index (κ2) is 8.01. The lowest BCUT2D eigenvalue weighted by Crippen LogP contribution is -2.14. The van der Waals surface area contributed by atoms with E-state index >= 15 is 0 Å². The van der Waals surface area contributed by atoms with Gasteiger partial charge in [-0.3, -0.25) is 4.79 Å². The van der Waals surface area contributed by atoms with Crippen LogP contribution >= 0.6 is 23.1 Å². The summed E-state index contributed by atoms with van der Waals surface area (Å²) in [7, 11) is 3.11. The molecule has 27 heavy (non-hydrogen) atoms. The van der Waals surface area contributed by atoms with Crippen LogP contribution < -0.4 is 20.5 Å². The summed E-state index contributed by atoms with van der Waals surface area (Å²) in [5.41, 5.74) is 7.81. The Kier molecular flexibility index (Phi) is 5.71. The van der Waals surface area contributed by atoms with Crippen LogP contribution in [0.25, 0.3) is 10.2 Å². The molecule has 7 nitrogen and oxygen atoms in total. The van der Waals surface area contributed by atoms with E-state index in [1.165, 1.54) is 16.6 Å². The molecule has 2 aromatic heterocycles. The number of thioether (sulfide) groups is 1. The summed E-state index contributed by atoms with van der Waals surface area (Å²) in [4.78, 5) is 23.1. The summed E-state index contributed by atoms with van der Waals surface area (Å²) >= 11 is 2.83. The van der Waals surface area contributed by atoms with Gasteiger partial charge < -0.3 is 20.5 Å². The van der Waals surface area contributed by atoms with Gasteiger partial charge in [0.2, 0.25) is 5.91 Å². The van der Waals surface area contributed by atoms with E-state index < -0.39 is 0 Å². The highest BCUT2D eigenvalue weighted by Gasteiger charge is 2.14. The molecule has 0 fully saturated rings. The van der Waals surface area contributed by atoms with E-state index in [2.05, 4.69) is 15.3 Å². The van der Waals surface area contributed by atoms with Crippen LogP contribution in [-0.2, 0) is 4.79 Å². The van der Waals surface area contributed by atoms with E-state index in [-0.39, 0.29) is 11.7 Å². The maximum absolute atomic E-state index is 12.3. The Bertz CT molecular complexity index is 1000. The van der Waals surface area contributed by atoms with Crippen molar-refractivity contribution in [3.63, 3.8) is 0 Å². The van der Waals surface area contributed by atoms with Gasteiger partial charge >= 0.3 is 0 Å². The standard InChI is InChI=1S/C18H20N4O3S2/c1-9-10(2)27-17-15(9)16(19)21-18(22-17)26-8-14(23)20-11-5-6-12(24-3)13(7-11)25-4/h5-7H,8H2,1-4H3,(H,20,23)(H2,19,21,22). The number of carbonyl (C=O) groups is 1. The van der Waals surface area contributed by atoms with Gasteiger partial charge in [-0.25, -0.2) is 9.97 Å². The lowest BCUT2D eigenvalue weighted by molar-refractivity contribution is -0.113. The van der Waals surface area contributed by atoms with Crippen molar-refractivity contribution in [3.05, 3.63) is 28.6 Å². The van der Waals surface area contributed by atoms with Crippen LogP contribution in [0.2, 0.25) is 0 Å². The van der Waals surface area contributed by atoms with Gasteiger partial charge in [-0.05, 0) is 31.5 Å². The van der Waals surface area contributed by atoms with Gasteiger partial charge in [-0.2, -0.15) is 0 Å². The number of fused-ring (bicyclic) bond motifs is 1. The molecule has 1 aromatic carbocycles. The summed E-state index contributed by atoms with van der Waals surface area (Å²) in [6.45, 7) is 4.04. The number of nitrogens with zero attached hydrogens (tertiary/aromatic N) is 2. The Morgan fingerprint density at radius 1 is 1.22 bits per heavy atom. The van der Waals surface area contributed by atoms with Crippen LogP contribution in [0, 0.1) is 13.8 Å². The van der Waals surface area contributed by atoms with Gasteiger partial charge in [0, 0.05) is 16.6 Å². The van der Waals surface area contributed by atoms with Crippen LogP contribution in [0.4, 0.5) is 11.5 Å². The minimum absolute atomic E-state index is 0.169. The number of thiophene rings is 1. The zero-order valence-corrected chi connectivity index (χ0v) is 17.1. The molecule has 0 aliphatic carbocycles. The topological polar surface area (TPSA) is 99.4 Å². The molecule has 0 atom stereocenters. The first-order valence-corrected chi connectivity index (χ1v) is 9.91. The molecule has 0 unspecified atom stereocenters. The molecule has 0 aliphatic heterocycles. The normalized spacial score (nSPS) is 10.8. The SMILES string of the molecule is COc1ccc(NC(=O)CSc2nc(N)c3c(C)c(C)sc3n2)cc1OC. The Balaban J connectivity index is 1.68. The Hall–Kier alpha value is -2.52. The summed E-state index contributed by atoms with van der Waals surface area (Å²) < 4.78 is 10.4. The maximum atomic E-state index is 12.3. The molecule has 3 aromatic rings. The number of anilines is 2. The van der Waals surface area contributed by atoms with Crippen LogP contribution in [0.15, 0.2) is 23.4 Å². The van der Waals surface area contributed by atoms with Gasteiger partial charge in [0.25, 0.3) is 0 Å². The number of hydrogen-bond acceptors (Lipinski definition) is 8. The molecule has 9 heteroatoms. The number of aryl methyl sites for hydroxylation is 2. The first-order valence-electron chi connectivity index (χ1n) is 8.10. The number of nitrogen functional groups attached to an aromatic ring is 1. The molecule has 3 rings (SSSR count). The first kappa shape index (κ1) is 19.2.